The van der Waals surface area contributed by atoms with E-state index in [9.17, 15) is 5.26 Å². The Morgan fingerprint density at radius 3 is 1.64 bits per heavy atom. The van der Waals surface area contributed by atoms with E-state index in [4.69, 9.17) is 6.57 Å². The van der Waals surface area contributed by atoms with Crippen LogP contribution in [0.4, 0.5) is 22.7 Å². The number of rotatable bonds is 1. The minimum atomic E-state index is -0.472. The van der Waals surface area contributed by atoms with Gasteiger partial charge in [0, 0.05) is 0 Å². The Morgan fingerprint density at radius 1 is 0.611 bits per heavy atom. The molecular weight excluding hydrogens is 438 g/mol. The molecule has 1 aliphatic heterocycles. The Kier molecular flexibility index (Phi) is 4.19. The van der Waals surface area contributed by atoms with Crippen LogP contribution in [0.1, 0.15) is 27.8 Å². The van der Waals surface area contributed by atoms with Crippen molar-refractivity contribution < 1.29 is 0 Å². The van der Waals surface area contributed by atoms with Crippen LogP contribution in [0.25, 0.3) is 16.0 Å². The van der Waals surface area contributed by atoms with Crippen molar-refractivity contribution in [1.82, 2.24) is 0 Å². The summed E-state index contributed by atoms with van der Waals surface area (Å²) in [5.41, 5.74) is 10.7. The fraction of sp³-hybridized carbons (Fsp3) is 0.0303. The highest BCUT2D eigenvalue weighted by Crippen LogP contribution is 2.63. The van der Waals surface area contributed by atoms with E-state index < -0.39 is 5.41 Å². The highest BCUT2D eigenvalue weighted by Gasteiger charge is 2.51. The van der Waals surface area contributed by atoms with Gasteiger partial charge in [-0.3, -0.25) is 0 Å². The Morgan fingerprint density at radius 2 is 1.11 bits per heavy atom. The van der Waals surface area contributed by atoms with E-state index in [1.165, 1.54) is 33.4 Å². The van der Waals surface area contributed by atoms with Gasteiger partial charge in [-0.1, -0.05) is 91.0 Å². The molecule has 3 heteroatoms. The molecule has 0 N–H and O–H groups in total. The Balaban J connectivity index is 1.63. The number of anilines is 3. The molecule has 166 valence electrons. The lowest BCUT2D eigenvalue weighted by atomic mass is 9.64. The summed E-state index contributed by atoms with van der Waals surface area (Å²) in [6, 6.07) is 42.2. The zero-order chi connectivity index (χ0) is 24.3. The lowest BCUT2D eigenvalue weighted by molar-refractivity contribution is 0.752. The lowest BCUT2D eigenvalue weighted by Crippen LogP contribution is -2.36. The number of nitriles is 1. The number of para-hydroxylation sites is 2. The third-order valence-electron chi connectivity index (χ3n) is 7.52. The van der Waals surface area contributed by atoms with Gasteiger partial charge in [-0.15, -0.1) is 0 Å². The van der Waals surface area contributed by atoms with E-state index in [1.807, 2.05) is 6.07 Å². The molecule has 0 bridgehead atoms. The predicted molar refractivity (Wildman–Crippen MR) is 143 cm³/mol. The average Bonchev–Trinajstić information content (AvgIpc) is 3.24. The maximum Gasteiger partial charge on any atom is 0.188 e. The third-order valence-corrected chi connectivity index (χ3v) is 7.52. The first kappa shape index (κ1) is 20.3. The van der Waals surface area contributed by atoms with Crippen molar-refractivity contribution in [1.29, 1.82) is 5.26 Å². The zero-order valence-electron chi connectivity index (χ0n) is 19.3. The molecule has 0 fully saturated rings. The minimum Gasteiger partial charge on any atom is -0.309 e. The van der Waals surface area contributed by atoms with Crippen LogP contribution < -0.4 is 4.90 Å². The normalized spacial score (nSPS) is 13.7. The van der Waals surface area contributed by atoms with Gasteiger partial charge in [0.05, 0.1) is 40.7 Å². The molecule has 36 heavy (non-hydrogen) atoms. The van der Waals surface area contributed by atoms with E-state index in [0.717, 1.165) is 17.1 Å². The van der Waals surface area contributed by atoms with Gasteiger partial charge in [-0.2, -0.15) is 5.26 Å². The minimum absolute atomic E-state index is 0.462. The summed E-state index contributed by atoms with van der Waals surface area (Å²) in [7, 11) is 0. The van der Waals surface area contributed by atoms with E-state index in [0.29, 0.717) is 11.3 Å². The van der Waals surface area contributed by atoms with Gasteiger partial charge in [-0.25, -0.2) is 4.85 Å². The number of hydrogen-bond acceptors (Lipinski definition) is 2. The van der Waals surface area contributed by atoms with Crippen molar-refractivity contribution in [2.75, 3.05) is 4.90 Å². The van der Waals surface area contributed by atoms with Crippen molar-refractivity contribution in [2.24, 2.45) is 0 Å². The first-order valence-electron chi connectivity index (χ1n) is 11.9. The summed E-state index contributed by atoms with van der Waals surface area (Å²) in [6.45, 7) is 7.41. The Labute approximate surface area is 209 Å². The predicted octanol–water partition coefficient (Wildman–Crippen LogP) is 8.26. The summed E-state index contributed by atoms with van der Waals surface area (Å²) >= 11 is 0. The lowest BCUT2D eigenvalue weighted by Gasteiger charge is -2.45. The van der Waals surface area contributed by atoms with E-state index in [-0.39, 0.29) is 0 Å². The van der Waals surface area contributed by atoms with Crippen LogP contribution in [-0.4, -0.2) is 0 Å². The molecule has 0 aromatic heterocycles. The first-order valence-corrected chi connectivity index (χ1v) is 11.9. The first-order chi connectivity index (χ1) is 17.8. The Bertz CT molecular complexity index is 1690. The van der Waals surface area contributed by atoms with E-state index in [1.54, 1.807) is 12.1 Å². The molecule has 1 heterocycles. The molecule has 2 aliphatic rings. The summed E-state index contributed by atoms with van der Waals surface area (Å²) in [5, 5.41) is 10.1. The van der Waals surface area contributed by atoms with Crippen LogP contribution in [-0.2, 0) is 5.41 Å². The molecule has 0 amide bonds. The van der Waals surface area contributed by atoms with Gasteiger partial charge in [0.15, 0.2) is 5.69 Å². The molecule has 3 nitrogen and oxygen atoms in total. The summed E-state index contributed by atoms with van der Waals surface area (Å²) < 4.78 is 0. The SMILES string of the molecule is [C-]#[N+]c1ccc(N2c3ccccc3C3(c4ccccc4-c4ccccc43)c3ccccc32)c(C#N)c1. The zero-order valence-corrected chi connectivity index (χ0v) is 19.3. The number of hydrogen-bond donors (Lipinski definition) is 0. The molecule has 7 rings (SSSR count). The van der Waals surface area contributed by atoms with Crippen molar-refractivity contribution >= 4 is 22.7 Å². The molecule has 0 atom stereocenters. The largest absolute Gasteiger partial charge is 0.309 e. The van der Waals surface area contributed by atoms with E-state index >= 15 is 0 Å². The monoisotopic (exact) mass is 457 g/mol. The highest BCUT2D eigenvalue weighted by atomic mass is 15.2. The second kappa shape index (κ2) is 7.44. The molecule has 5 aromatic carbocycles. The molecular formula is C33H19N3. The molecule has 1 aliphatic carbocycles. The second-order valence-electron chi connectivity index (χ2n) is 9.14. The van der Waals surface area contributed by atoms with Crippen LogP contribution in [0.3, 0.4) is 0 Å². The maximum atomic E-state index is 10.1. The van der Waals surface area contributed by atoms with Gasteiger partial charge in [0.1, 0.15) is 0 Å². The molecule has 1 spiro atoms. The maximum absolute atomic E-state index is 10.1. The standard InChI is InChI=1S/C33H19N3/c1-35-23-18-19-30(22(20-23)21-34)36-31-16-8-6-14-28(31)33(29-15-7-9-17-32(29)36)26-12-4-2-10-24(26)25-11-3-5-13-27(25)33/h2-20H. The van der Waals surface area contributed by atoms with Crippen LogP contribution in [0.2, 0.25) is 0 Å². The smallest absolute Gasteiger partial charge is 0.188 e. The van der Waals surface area contributed by atoms with Gasteiger partial charge >= 0.3 is 0 Å². The molecule has 5 aromatic rings. The van der Waals surface area contributed by atoms with Gasteiger partial charge < -0.3 is 4.90 Å². The number of benzene rings is 5. The summed E-state index contributed by atoms with van der Waals surface area (Å²) in [6.07, 6.45) is 0. The van der Waals surface area contributed by atoms with Crippen LogP contribution in [0.15, 0.2) is 115 Å². The highest BCUT2D eigenvalue weighted by molar-refractivity contribution is 5.96. The topological polar surface area (TPSA) is 31.4 Å². The third kappa shape index (κ3) is 2.44. The second-order valence-corrected chi connectivity index (χ2v) is 9.14. The molecule has 0 saturated carbocycles. The molecule has 0 saturated heterocycles. The van der Waals surface area contributed by atoms with Crippen molar-refractivity contribution in [3.05, 3.63) is 154 Å². The quantitative estimate of drug-likeness (QED) is 0.232. The summed E-state index contributed by atoms with van der Waals surface area (Å²) in [5.74, 6) is 0. The van der Waals surface area contributed by atoms with Crippen molar-refractivity contribution in [3.63, 3.8) is 0 Å². The fourth-order valence-corrected chi connectivity index (χ4v) is 6.20. The fourth-order valence-electron chi connectivity index (χ4n) is 6.20. The van der Waals surface area contributed by atoms with Crippen molar-refractivity contribution in [3.8, 4) is 17.2 Å². The number of fused-ring (bicyclic) bond motifs is 9. The van der Waals surface area contributed by atoms with Crippen LogP contribution in [0, 0.1) is 17.9 Å². The Hall–Kier alpha value is -5.12. The average molecular weight is 458 g/mol. The molecule has 0 radical (unpaired) electrons. The summed E-state index contributed by atoms with van der Waals surface area (Å²) in [4.78, 5) is 5.73. The van der Waals surface area contributed by atoms with E-state index in [2.05, 4.69) is 113 Å². The van der Waals surface area contributed by atoms with Crippen molar-refractivity contribution in [2.45, 2.75) is 5.41 Å². The van der Waals surface area contributed by atoms with Gasteiger partial charge in [-0.05, 0) is 57.6 Å². The van der Waals surface area contributed by atoms with Crippen LogP contribution >= 0.6 is 0 Å². The van der Waals surface area contributed by atoms with Gasteiger partial charge in [0.25, 0.3) is 0 Å². The number of nitrogens with zero attached hydrogens (tertiary/aromatic N) is 3. The van der Waals surface area contributed by atoms with Crippen LogP contribution in [0.5, 0.6) is 0 Å². The van der Waals surface area contributed by atoms with Gasteiger partial charge in [0.2, 0.25) is 0 Å². The molecule has 0 unspecified atom stereocenters.